The first-order valence-corrected chi connectivity index (χ1v) is 30.1. The van der Waals surface area contributed by atoms with Gasteiger partial charge in [-0.05, 0) is 174 Å². The quantitative estimate of drug-likeness (QED) is 0.128. The van der Waals surface area contributed by atoms with E-state index in [9.17, 15) is 0 Å². The van der Waals surface area contributed by atoms with Gasteiger partial charge in [-0.1, -0.05) is 146 Å². The molecule has 0 N–H and O–H groups in total. The van der Waals surface area contributed by atoms with Crippen molar-refractivity contribution in [1.29, 1.82) is 0 Å². The van der Waals surface area contributed by atoms with Gasteiger partial charge in [0, 0.05) is 72.2 Å². The summed E-state index contributed by atoms with van der Waals surface area (Å²) in [6.45, 7) is 0. The van der Waals surface area contributed by atoms with Gasteiger partial charge in [0.05, 0.1) is 55.9 Å². The third-order valence-corrected chi connectivity index (χ3v) is 18.0. The fourth-order valence-corrected chi connectivity index (χ4v) is 14.5. The van der Waals surface area contributed by atoms with Crippen LogP contribution in [0.3, 0.4) is 0 Å². The van der Waals surface area contributed by atoms with Gasteiger partial charge in [-0.25, -0.2) is 0 Å². The molecule has 0 saturated heterocycles. The van der Waals surface area contributed by atoms with E-state index in [-0.39, 0.29) is 0 Å². The summed E-state index contributed by atoms with van der Waals surface area (Å²) >= 11 is 3.62. The van der Waals surface area contributed by atoms with Gasteiger partial charge in [-0.3, -0.25) is 0 Å². The summed E-state index contributed by atoms with van der Waals surface area (Å²) in [4.78, 5) is 14.5. The molecular formula is C76H52N6S2. The highest BCUT2D eigenvalue weighted by Crippen LogP contribution is 2.59. The van der Waals surface area contributed by atoms with E-state index < -0.39 is 0 Å². The van der Waals surface area contributed by atoms with Crippen LogP contribution in [-0.2, 0) is 0 Å². The van der Waals surface area contributed by atoms with Crippen molar-refractivity contribution in [2.24, 2.45) is 0 Å². The minimum Gasteiger partial charge on any atom is -0.310 e. The van der Waals surface area contributed by atoms with E-state index in [0.717, 1.165) is 96.7 Å². The molecule has 6 nitrogen and oxygen atoms in total. The predicted molar refractivity (Wildman–Crippen MR) is 358 cm³/mol. The lowest BCUT2D eigenvalue weighted by Crippen LogP contribution is -2.24. The molecule has 16 rings (SSSR count). The molecule has 12 aromatic carbocycles. The van der Waals surface area contributed by atoms with E-state index >= 15 is 0 Å². The van der Waals surface area contributed by atoms with Gasteiger partial charge in [0.25, 0.3) is 0 Å². The van der Waals surface area contributed by atoms with Crippen LogP contribution in [0.25, 0.3) is 31.3 Å². The van der Waals surface area contributed by atoms with Crippen LogP contribution in [-0.4, -0.2) is 0 Å². The van der Waals surface area contributed by atoms with Crippen molar-refractivity contribution >= 4 is 145 Å². The molecular weight excluding hydrogens is 1060 g/mol. The van der Waals surface area contributed by atoms with Gasteiger partial charge in [0.2, 0.25) is 0 Å². The Bertz CT molecular complexity index is 4640. The summed E-state index contributed by atoms with van der Waals surface area (Å²) in [5.41, 5.74) is 22.2. The highest BCUT2D eigenvalue weighted by atomic mass is 32.1. The Morgan fingerprint density at radius 3 is 1.00 bits per heavy atom. The minimum atomic E-state index is 1.05. The van der Waals surface area contributed by atoms with E-state index in [2.05, 4.69) is 343 Å². The molecule has 0 aliphatic carbocycles. The van der Waals surface area contributed by atoms with Gasteiger partial charge in [-0.15, -0.1) is 22.7 Å². The van der Waals surface area contributed by atoms with E-state index in [0.29, 0.717) is 0 Å². The second kappa shape index (κ2) is 20.7. The molecule has 0 bridgehead atoms. The van der Waals surface area contributed by atoms with Crippen LogP contribution in [0.15, 0.2) is 314 Å². The molecule has 0 saturated carbocycles. The second-order valence-corrected chi connectivity index (χ2v) is 22.8. The lowest BCUT2D eigenvalue weighted by Gasteiger charge is -2.41. The Morgan fingerprint density at radius 2 is 0.560 bits per heavy atom. The SMILES string of the molecule is c1ccc(N(c2ccc(-c3c4ccsc4c(N(c4ccccc4)c4ccc5c(c4)N(c4ccccc4)c4ccccc4N5c4ccccc4)c4ccsc34)cc2)c2ccc3c(c2)N(c2ccccc2)c2ccccc2N3c2ccccc2)cc1. The molecule has 0 atom stereocenters. The molecule has 2 aromatic heterocycles. The molecule has 0 radical (unpaired) electrons. The van der Waals surface area contributed by atoms with Crippen LogP contribution < -0.4 is 29.4 Å². The Balaban J connectivity index is 0.833. The third kappa shape index (κ3) is 8.22. The zero-order valence-electron chi connectivity index (χ0n) is 45.5. The van der Waals surface area contributed by atoms with Crippen LogP contribution in [0.5, 0.6) is 0 Å². The van der Waals surface area contributed by atoms with Crippen molar-refractivity contribution in [1.82, 2.24) is 0 Å². The smallest absolute Gasteiger partial charge is 0.0727 e. The van der Waals surface area contributed by atoms with Gasteiger partial charge in [0.1, 0.15) is 0 Å². The summed E-state index contributed by atoms with van der Waals surface area (Å²) in [5.74, 6) is 0. The molecule has 14 aromatic rings. The van der Waals surface area contributed by atoms with Crippen LogP contribution in [0.2, 0.25) is 0 Å². The standard InChI is InChI=1S/C76H52N6S2/c1-7-23-54(24-8-1)77(61-43-45-69-71(51-61)81(58-31-15-5-16-32-58)67-37-21-19-35-65(67)79(69)56-27-11-3-12-28-56)60-41-39-53(40-42-60)73-63-47-49-84-76(63)74(64-48-50-83-75(64)73)78(55-25-9-2-10-26-55)62-44-46-70-72(52-62)82(59-33-17-6-18-34-59)68-38-22-20-36-66(68)80(70)57-29-13-4-14-30-57/h1-52H. The van der Waals surface area contributed by atoms with Crippen LogP contribution in [0, 0.1) is 0 Å². The molecule has 0 spiro atoms. The lowest BCUT2D eigenvalue weighted by atomic mass is 9.97. The number of rotatable bonds is 11. The fourth-order valence-electron chi connectivity index (χ4n) is 12.6. The van der Waals surface area contributed by atoms with Crippen molar-refractivity contribution in [3.05, 3.63) is 314 Å². The van der Waals surface area contributed by atoms with E-state index in [1.54, 1.807) is 0 Å². The van der Waals surface area contributed by atoms with Crippen molar-refractivity contribution in [3.63, 3.8) is 0 Å². The highest BCUT2D eigenvalue weighted by molar-refractivity contribution is 7.20. The maximum absolute atomic E-state index is 2.49. The summed E-state index contributed by atoms with van der Waals surface area (Å²) in [6.07, 6.45) is 0. The normalized spacial score (nSPS) is 12.4. The van der Waals surface area contributed by atoms with Crippen LogP contribution >= 0.6 is 22.7 Å². The Morgan fingerprint density at radius 1 is 0.238 bits per heavy atom. The van der Waals surface area contributed by atoms with Crippen molar-refractivity contribution < 1.29 is 0 Å². The first-order chi connectivity index (χ1) is 41.7. The number of hydrogen-bond donors (Lipinski definition) is 0. The molecule has 2 aliphatic heterocycles. The topological polar surface area (TPSA) is 19.4 Å². The molecule has 0 unspecified atom stereocenters. The van der Waals surface area contributed by atoms with Crippen LogP contribution in [0.1, 0.15) is 0 Å². The maximum atomic E-state index is 2.49. The summed E-state index contributed by atoms with van der Waals surface area (Å²) in [7, 11) is 0. The number of para-hydroxylation sites is 10. The Kier molecular flexibility index (Phi) is 12.1. The zero-order valence-corrected chi connectivity index (χ0v) is 47.2. The summed E-state index contributed by atoms with van der Waals surface area (Å²) in [6, 6.07) is 110. The zero-order chi connectivity index (χ0) is 55.5. The minimum absolute atomic E-state index is 1.05. The maximum Gasteiger partial charge on any atom is 0.0727 e. The predicted octanol–water partition coefficient (Wildman–Crippen LogP) is 23.2. The molecule has 4 heterocycles. The molecule has 0 fully saturated rings. The molecule has 0 amide bonds. The number of benzene rings is 12. The van der Waals surface area contributed by atoms with Gasteiger partial charge >= 0.3 is 0 Å². The molecule has 398 valence electrons. The summed E-state index contributed by atoms with van der Waals surface area (Å²) in [5, 5.41) is 6.97. The molecule has 2 aliphatic rings. The molecule has 8 heteroatoms. The second-order valence-electron chi connectivity index (χ2n) is 20.9. The highest BCUT2D eigenvalue weighted by Gasteiger charge is 2.34. The Hall–Kier alpha value is -10.6. The number of nitrogens with zero attached hydrogens (tertiary/aromatic N) is 6. The Labute approximate surface area is 496 Å². The summed E-state index contributed by atoms with van der Waals surface area (Å²) < 4.78 is 2.48. The number of fused-ring (bicyclic) bond motifs is 6. The van der Waals surface area contributed by atoms with Crippen molar-refractivity contribution in [2.75, 3.05) is 29.4 Å². The van der Waals surface area contributed by atoms with E-state index in [4.69, 9.17) is 0 Å². The average Bonchev–Trinajstić information content (AvgIpc) is 3.24. The largest absolute Gasteiger partial charge is 0.310 e. The third-order valence-electron chi connectivity index (χ3n) is 16.1. The van der Waals surface area contributed by atoms with Gasteiger partial charge < -0.3 is 29.4 Å². The van der Waals surface area contributed by atoms with Crippen molar-refractivity contribution in [2.45, 2.75) is 0 Å². The fraction of sp³-hybridized carbons (Fsp3) is 0. The number of thiophene rings is 2. The monoisotopic (exact) mass is 1110 g/mol. The first kappa shape index (κ1) is 49.2. The van der Waals surface area contributed by atoms with Crippen LogP contribution in [0.4, 0.5) is 102 Å². The van der Waals surface area contributed by atoms with E-state index in [1.165, 1.54) is 37.0 Å². The van der Waals surface area contributed by atoms with Gasteiger partial charge in [0.15, 0.2) is 0 Å². The molecule has 84 heavy (non-hydrogen) atoms. The number of anilines is 18. The first-order valence-electron chi connectivity index (χ1n) is 28.3. The lowest BCUT2D eigenvalue weighted by molar-refractivity contribution is 1.16. The van der Waals surface area contributed by atoms with Crippen molar-refractivity contribution in [3.8, 4) is 11.1 Å². The number of hydrogen-bond acceptors (Lipinski definition) is 8. The average molecular weight is 1110 g/mol. The van der Waals surface area contributed by atoms with Gasteiger partial charge in [-0.2, -0.15) is 0 Å². The van der Waals surface area contributed by atoms with E-state index in [1.807, 2.05) is 22.7 Å².